The SMILES string of the molecule is CC(C)CC(CNC(=O)N(CCO)CC(F)F)C(=O)O. The van der Waals surface area contributed by atoms with Crippen molar-refractivity contribution in [2.45, 2.75) is 26.7 Å². The predicted molar refractivity (Wildman–Crippen MR) is 68.6 cm³/mol. The highest BCUT2D eigenvalue weighted by molar-refractivity contribution is 5.76. The molecule has 0 heterocycles. The summed E-state index contributed by atoms with van der Waals surface area (Å²) < 4.78 is 24.5. The number of nitrogens with one attached hydrogen (secondary N) is 1. The molecule has 0 rings (SSSR count). The average Bonchev–Trinajstić information content (AvgIpc) is 2.32. The third-order valence-corrected chi connectivity index (χ3v) is 2.62. The lowest BCUT2D eigenvalue weighted by Gasteiger charge is -2.23. The van der Waals surface area contributed by atoms with Gasteiger partial charge >= 0.3 is 12.0 Å². The zero-order valence-corrected chi connectivity index (χ0v) is 11.7. The first kappa shape index (κ1) is 18.6. The Hall–Kier alpha value is -1.44. The van der Waals surface area contributed by atoms with Gasteiger partial charge in [0.1, 0.15) is 0 Å². The zero-order valence-electron chi connectivity index (χ0n) is 11.7. The third-order valence-electron chi connectivity index (χ3n) is 2.62. The van der Waals surface area contributed by atoms with Crippen LogP contribution >= 0.6 is 0 Å². The number of carboxylic acid groups (broad SMARTS) is 1. The molecular weight excluding hydrogens is 274 g/mol. The van der Waals surface area contributed by atoms with E-state index in [-0.39, 0.29) is 19.0 Å². The summed E-state index contributed by atoms with van der Waals surface area (Å²) in [5, 5.41) is 20.0. The van der Waals surface area contributed by atoms with E-state index in [4.69, 9.17) is 10.2 Å². The van der Waals surface area contributed by atoms with Crippen LogP contribution in [0.25, 0.3) is 0 Å². The Bertz CT molecular complexity index is 314. The minimum atomic E-state index is -2.71. The van der Waals surface area contributed by atoms with Gasteiger partial charge in [-0.3, -0.25) is 4.79 Å². The fraction of sp³-hybridized carbons (Fsp3) is 0.833. The van der Waals surface area contributed by atoms with Crippen molar-refractivity contribution in [3.05, 3.63) is 0 Å². The van der Waals surface area contributed by atoms with Crippen molar-refractivity contribution in [3.8, 4) is 0 Å². The maximum absolute atomic E-state index is 12.3. The van der Waals surface area contributed by atoms with Gasteiger partial charge in [0, 0.05) is 13.1 Å². The van der Waals surface area contributed by atoms with Gasteiger partial charge < -0.3 is 20.4 Å². The first-order valence-electron chi connectivity index (χ1n) is 6.42. The lowest BCUT2D eigenvalue weighted by atomic mass is 9.97. The molecule has 1 atom stereocenters. The van der Waals surface area contributed by atoms with E-state index >= 15 is 0 Å². The number of urea groups is 1. The number of aliphatic carboxylic acids is 1. The Kier molecular flexibility index (Phi) is 8.78. The molecule has 0 bridgehead atoms. The Balaban J connectivity index is 4.42. The van der Waals surface area contributed by atoms with Crippen molar-refractivity contribution >= 4 is 12.0 Å². The van der Waals surface area contributed by atoms with E-state index in [0.29, 0.717) is 6.42 Å². The molecule has 0 spiro atoms. The van der Waals surface area contributed by atoms with Crippen LogP contribution in [0, 0.1) is 11.8 Å². The molecule has 3 N–H and O–H groups in total. The highest BCUT2D eigenvalue weighted by atomic mass is 19.3. The van der Waals surface area contributed by atoms with Crippen molar-refractivity contribution < 1.29 is 28.6 Å². The molecule has 0 aromatic heterocycles. The molecule has 0 aromatic rings. The van der Waals surface area contributed by atoms with Crippen molar-refractivity contribution in [1.82, 2.24) is 10.2 Å². The number of carbonyl (C=O) groups excluding carboxylic acids is 1. The number of amides is 2. The summed E-state index contributed by atoms with van der Waals surface area (Å²) in [5.41, 5.74) is 0. The van der Waals surface area contributed by atoms with Gasteiger partial charge in [-0.15, -0.1) is 0 Å². The van der Waals surface area contributed by atoms with E-state index in [2.05, 4.69) is 5.32 Å². The van der Waals surface area contributed by atoms with Crippen LogP contribution < -0.4 is 5.32 Å². The Morgan fingerprint density at radius 1 is 1.30 bits per heavy atom. The summed E-state index contributed by atoms with van der Waals surface area (Å²) in [5.74, 6) is -1.66. The lowest BCUT2D eigenvalue weighted by Crippen LogP contribution is -2.46. The molecule has 0 saturated carbocycles. The molecule has 20 heavy (non-hydrogen) atoms. The molecule has 0 aliphatic rings. The smallest absolute Gasteiger partial charge is 0.317 e. The zero-order chi connectivity index (χ0) is 15.7. The maximum atomic E-state index is 12.3. The number of rotatable bonds is 9. The lowest BCUT2D eigenvalue weighted by molar-refractivity contribution is -0.142. The maximum Gasteiger partial charge on any atom is 0.317 e. The molecule has 8 heteroatoms. The number of halogens is 2. The van der Waals surface area contributed by atoms with Gasteiger partial charge in [-0.1, -0.05) is 13.8 Å². The Morgan fingerprint density at radius 3 is 2.30 bits per heavy atom. The van der Waals surface area contributed by atoms with Gasteiger partial charge in [-0.2, -0.15) is 0 Å². The summed E-state index contributed by atoms with van der Waals surface area (Å²) in [7, 11) is 0. The molecule has 0 aromatic carbocycles. The minimum absolute atomic E-state index is 0.127. The van der Waals surface area contributed by atoms with Crippen molar-refractivity contribution in [3.63, 3.8) is 0 Å². The topological polar surface area (TPSA) is 89.9 Å². The summed E-state index contributed by atoms with van der Waals surface area (Å²) in [6.45, 7) is 2.12. The molecule has 0 aliphatic carbocycles. The van der Waals surface area contributed by atoms with Gasteiger partial charge in [0.25, 0.3) is 6.43 Å². The Morgan fingerprint density at radius 2 is 1.90 bits per heavy atom. The minimum Gasteiger partial charge on any atom is -0.481 e. The summed E-state index contributed by atoms with van der Waals surface area (Å²) in [6, 6.07) is -0.797. The van der Waals surface area contributed by atoms with Gasteiger partial charge in [0.05, 0.1) is 19.1 Å². The van der Waals surface area contributed by atoms with Gasteiger partial charge in [0.15, 0.2) is 0 Å². The molecular formula is C12H22F2N2O4. The van der Waals surface area contributed by atoms with Crippen LogP contribution in [-0.4, -0.2) is 59.8 Å². The largest absolute Gasteiger partial charge is 0.481 e. The quantitative estimate of drug-likeness (QED) is 0.592. The van der Waals surface area contributed by atoms with Crippen molar-refractivity contribution in [1.29, 1.82) is 0 Å². The number of carbonyl (C=O) groups is 2. The normalized spacial score (nSPS) is 12.6. The fourth-order valence-electron chi connectivity index (χ4n) is 1.73. The summed E-state index contributed by atoms with van der Waals surface area (Å²) in [6.07, 6.45) is -2.33. The van der Waals surface area contributed by atoms with E-state index < -0.39 is 37.5 Å². The summed E-state index contributed by atoms with van der Waals surface area (Å²) in [4.78, 5) is 23.4. The van der Waals surface area contributed by atoms with Gasteiger partial charge in [-0.05, 0) is 12.3 Å². The van der Waals surface area contributed by atoms with Crippen LogP contribution in [0.2, 0.25) is 0 Å². The number of aliphatic hydroxyl groups excluding tert-OH is 1. The number of alkyl halides is 2. The Labute approximate surface area is 116 Å². The highest BCUT2D eigenvalue weighted by Gasteiger charge is 2.22. The van der Waals surface area contributed by atoms with Crippen LogP contribution in [-0.2, 0) is 4.79 Å². The number of aliphatic hydroxyl groups is 1. The van der Waals surface area contributed by atoms with E-state index in [1.54, 1.807) is 0 Å². The first-order valence-corrected chi connectivity index (χ1v) is 6.42. The highest BCUT2D eigenvalue weighted by Crippen LogP contribution is 2.11. The van der Waals surface area contributed by atoms with Crippen molar-refractivity contribution in [2.75, 3.05) is 26.2 Å². The predicted octanol–water partition coefficient (Wildman–Crippen LogP) is 1.00. The molecule has 0 saturated heterocycles. The monoisotopic (exact) mass is 296 g/mol. The second kappa shape index (κ2) is 9.46. The third kappa shape index (κ3) is 7.88. The molecule has 6 nitrogen and oxygen atoms in total. The first-order chi connectivity index (χ1) is 9.27. The molecule has 1 unspecified atom stereocenters. The number of hydrogen-bond acceptors (Lipinski definition) is 3. The van der Waals surface area contributed by atoms with Crippen LogP contribution in [0.3, 0.4) is 0 Å². The van der Waals surface area contributed by atoms with Crippen LogP contribution in [0.1, 0.15) is 20.3 Å². The molecule has 2 amide bonds. The molecule has 0 radical (unpaired) electrons. The summed E-state index contributed by atoms with van der Waals surface area (Å²) >= 11 is 0. The van der Waals surface area contributed by atoms with Gasteiger partial charge in [-0.25, -0.2) is 13.6 Å². The van der Waals surface area contributed by atoms with E-state index in [9.17, 15) is 18.4 Å². The number of nitrogens with zero attached hydrogens (tertiary/aromatic N) is 1. The number of carboxylic acids is 1. The van der Waals surface area contributed by atoms with Crippen LogP contribution in [0.15, 0.2) is 0 Å². The fourth-order valence-corrected chi connectivity index (χ4v) is 1.73. The molecule has 118 valence electrons. The number of hydrogen-bond donors (Lipinski definition) is 3. The van der Waals surface area contributed by atoms with Crippen LogP contribution in [0.4, 0.5) is 13.6 Å². The second-order valence-corrected chi connectivity index (χ2v) is 4.91. The average molecular weight is 296 g/mol. The van der Waals surface area contributed by atoms with Crippen LogP contribution in [0.5, 0.6) is 0 Å². The standard InChI is InChI=1S/C12H22F2N2O4/c1-8(2)5-9(11(18)19)6-15-12(20)16(3-4-17)7-10(13)14/h8-10,17H,3-7H2,1-2H3,(H,15,20)(H,18,19). The van der Waals surface area contributed by atoms with Gasteiger partial charge in [0.2, 0.25) is 0 Å². The molecule has 0 fully saturated rings. The van der Waals surface area contributed by atoms with E-state index in [1.807, 2.05) is 13.8 Å². The van der Waals surface area contributed by atoms with E-state index in [0.717, 1.165) is 4.90 Å². The van der Waals surface area contributed by atoms with Crippen molar-refractivity contribution in [2.24, 2.45) is 11.8 Å². The molecule has 0 aliphatic heterocycles. The second-order valence-electron chi connectivity index (χ2n) is 4.91. The van der Waals surface area contributed by atoms with E-state index in [1.165, 1.54) is 0 Å².